The average molecular weight is 285 g/mol. The fourth-order valence-electron chi connectivity index (χ4n) is 5.41. The number of halogens is 1. The second kappa shape index (κ2) is 3.57. The van der Waals surface area contributed by atoms with Crippen LogP contribution < -0.4 is 0 Å². The molecule has 2 heteroatoms. The van der Waals surface area contributed by atoms with Crippen molar-refractivity contribution in [2.45, 2.75) is 32.1 Å². The first-order valence-corrected chi connectivity index (χ1v) is 8.09. The van der Waals surface area contributed by atoms with Gasteiger partial charge in [0.15, 0.2) is 5.78 Å². The highest BCUT2D eigenvalue weighted by atomic mass is 35.5. The summed E-state index contributed by atoms with van der Waals surface area (Å²) >= 11 is 6.22. The van der Waals surface area contributed by atoms with Crippen LogP contribution in [0.15, 0.2) is 29.8 Å². The molecule has 4 bridgehead atoms. The zero-order valence-electron chi connectivity index (χ0n) is 11.4. The van der Waals surface area contributed by atoms with E-state index in [1.54, 1.807) is 5.57 Å². The van der Waals surface area contributed by atoms with E-state index >= 15 is 0 Å². The highest BCUT2D eigenvalue weighted by Crippen LogP contribution is 2.75. The van der Waals surface area contributed by atoms with Gasteiger partial charge in [0.2, 0.25) is 0 Å². The summed E-state index contributed by atoms with van der Waals surface area (Å²) in [5.41, 5.74) is 4.09. The third kappa shape index (κ3) is 1.28. The largest absolute Gasteiger partial charge is 0.294 e. The number of carbonyl (C=O) groups is 1. The van der Waals surface area contributed by atoms with Gasteiger partial charge in [0.25, 0.3) is 0 Å². The SMILES string of the molecule is O=C1c2c(Cl)cccc2CC1CC12CC3CC=C1C2C3. The van der Waals surface area contributed by atoms with Crippen molar-refractivity contribution < 1.29 is 4.79 Å². The minimum Gasteiger partial charge on any atom is -0.294 e. The van der Waals surface area contributed by atoms with Crippen molar-refractivity contribution in [1.82, 2.24) is 0 Å². The van der Waals surface area contributed by atoms with Crippen molar-refractivity contribution in [3.63, 3.8) is 0 Å². The van der Waals surface area contributed by atoms with E-state index in [0.717, 1.165) is 30.2 Å². The molecule has 5 aliphatic rings. The predicted octanol–water partition coefficient (Wildman–Crippen LogP) is 4.44. The average Bonchev–Trinajstić information content (AvgIpc) is 2.75. The van der Waals surface area contributed by atoms with E-state index in [9.17, 15) is 4.79 Å². The first-order chi connectivity index (χ1) is 9.69. The van der Waals surface area contributed by atoms with Crippen molar-refractivity contribution in [2.24, 2.45) is 23.2 Å². The molecule has 0 spiro atoms. The van der Waals surface area contributed by atoms with Crippen LogP contribution >= 0.6 is 11.6 Å². The monoisotopic (exact) mass is 284 g/mol. The molecule has 5 aliphatic carbocycles. The molecule has 0 aromatic heterocycles. The van der Waals surface area contributed by atoms with Crippen LogP contribution in [0.4, 0.5) is 0 Å². The lowest BCUT2D eigenvalue weighted by atomic mass is 9.81. The summed E-state index contributed by atoms with van der Waals surface area (Å²) in [4.78, 5) is 12.7. The normalized spacial score (nSPS) is 39.8. The van der Waals surface area contributed by atoms with Crippen LogP contribution in [0.3, 0.4) is 0 Å². The molecule has 4 atom stereocenters. The summed E-state index contributed by atoms with van der Waals surface area (Å²) in [6, 6.07) is 5.88. The molecular weight excluding hydrogens is 268 g/mol. The Morgan fingerprint density at radius 1 is 1.35 bits per heavy atom. The van der Waals surface area contributed by atoms with Gasteiger partial charge in [-0.3, -0.25) is 4.79 Å². The Hall–Kier alpha value is -1.08. The van der Waals surface area contributed by atoms with Gasteiger partial charge in [-0.15, -0.1) is 0 Å². The molecule has 0 amide bonds. The Morgan fingerprint density at radius 2 is 2.25 bits per heavy atom. The Bertz CT molecular complexity index is 674. The van der Waals surface area contributed by atoms with Gasteiger partial charge in [-0.1, -0.05) is 35.4 Å². The maximum Gasteiger partial charge on any atom is 0.168 e. The fraction of sp³-hybridized carbons (Fsp3) is 0.500. The summed E-state index contributed by atoms with van der Waals surface area (Å²) < 4.78 is 0. The van der Waals surface area contributed by atoms with E-state index in [0.29, 0.717) is 16.2 Å². The maximum absolute atomic E-state index is 12.7. The lowest BCUT2D eigenvalue weighted by Crippen LogP contribution is -2.17. The van der Waals surface area contributed by atoms with Crippen molar-refractivity contribution >= 4 is 17.4 Å². The van der Waals surface area contributed by atoms with Gasteiger partial charge < -0.3 is 0 Å². The molecule has 2 saturated carbocycles. The number of benzene rings is 1. The number of Topliss-reactive ketones (excluding diaryl/α,β-unsaturated/α-hetero) is 1. The molecule has 102 valence electrons. The van der Waals surface area contributed by atoms with E-state index in [1.165, 1.54) is 24.8 Å². The van der Waals surface area contributed by atoms with E-state index in [2.05, 4.69) is 12.1 Å². The molecule has 0 N–H and O–H groups in total. The third-order valence-electron chi connectivity index (χ3n) is 6.22. The number of allylic oxidation sites excluding steroid dienone is 2. The number of ketones is 1. The molecule has 0 saturated heterocycles. The third-order valence-corrected chi connectivity index (χ3v) is 6.54. The number of hydrogen-bond acceptors (Lipinski definition) is 1. The van der Waals surface area contributed by atoms with E-state index < -0.39 is 0 Å². The van der Waals surface area contributed by atoms with Gasteiger partial charge in [-0.05, 0) is 61.0 Å². The highest BCUT2D eigenvalue weighted by Gasteiger charge is 2.66. The molecule has 1 aromatic carbocycles. The molecule has 0 heterocycles. The molecule has 0 radical (unpaired) electrons. The van der Waals surface area contributed by atoms with Crippen LogP contribution in [0.1, 0.15) is 41.6 Å². The van der Waals surface area contributed by atoms with Crippen molar-refractivity contribution in [3.05, 3.63) is 46.0 Å². The molecular formula is C18H17ClO. The van der Waals surface area contributed by atoms with Crippen LogP contribution in [0.25, 0.3) is 0 Å². The molecule has 1 aromatic rings. The van der Waals surface area contributed by atoms with Crippen LogP contribution in [-0.4, -0.2) is 5.78 Å². The summed E-state index contributed by atoms with van der Waals surface area (Å²) in [5, 5.41) is 0.645. The zero-order valence-corrected chi connectivity index (χ0v) is 12.1. The Balaban J connectivity index is 1.46. The number of carbonyl (C=O) groups excluding carboxylic acids is 1. The number of hydrogen-bond donors (Lipinski definition) is 0. The Morgan fingerprint density at radius 3 is 2.90 bits per heavy atom. The van der Waals surface area contributed by atoms with Crippen molar-refractivity contribution in [3.8, 4) is 0 Å². The summed E-state index contributed by atoms with van der Waals surface area (Å²) in [6.07, 6.45) is 8.48. The zero-order chi connectivity index (χ0) is 13.5. The van der Waals surface area contributed by atoms with Gasteiger partial charge in [0, 0.05) is 11.5 Å². The lowest BCUT2D eigenvalue weighted by molar-refractivity contribution is 0.0913. The Labute approximate surface area is 124 Å². The summed E-state index contributed by atoms with van der Waals surface area (Å²) in [6.45, 7) is 0. The quantitative estimate of drug-likeness (QED) is 0.734. The van der Waals surface area contributed by atoms with Crippen LogP contribution in [-0.2, 0) is 6.42 Å². The Kier molecular flexibility index (Phi) is 2.06. The van der Waals surface area contributed by atoms with Gasteiger partial charge in [0.05, 0.1) is 5.02 Å². The molecule has 20 heavy (non-hydrogen) atoms. The smallest absolute Gasteiger partial charge is 0.168 e. The first-order valence-electron chi connectivity index (χ1n) is 7.71. The van der Waals surface area contributed by atoms with Gasteiger partial charge in [-0.2, -0.15) is 0 Å². The van der Waals surface area contributed by atoms with Crippen molar-refractivity contribution in [2.75, 3.05) is 0 Å². The van der Waals surface area contributed by atoms with Gasteiger partial charge in [0.1, 0.15) is 0 Å². The van der Waals surface area contributed by atoms with Crippen molar-refractivity contribution in [1.29, 1.82) is 0 Å². The number of fused-ring (bicyclic) bond motifs is 2. The second-order valence-corrected chi connectivity index (χ2v) is 7.56. The minimum absolute atomic E-state index is 0.176. The minimum atomic E-state index is 0.176. The highest BCUT2D eigenvalue weighted by molar-refractivity contribution is 6.34. The fourth-order valence-corrected chi connectivity index (χ4v) is 5.70. The van der Waals surface area contributed by atoms with E-state index in [1.807, 2.05) is 12.1 Å². The molecule has 4 unspecified atom stereocenters. The maximum atomic E-state index is 12.7. The second-order valence-electron chi connectivity index (χ2n) is 7.15. The van der Waals surface area contributed by atoms with E-state index in [4.69, 9.17) is 11.6 Å². The number of rotatable bonds is 2. The first kappa shape index (κ1) is 11.6. The molecule has 0 aliphatic heterocycles. The summed E-state index contributed by atoms with van der Waals surface area (Å²) in [7, 11) is 0. The molecule has 6 rings (SSSR count). The topological polar surface area (TPSA) is 17.1 Å². The van der Waals surface area contributed by atoms with E-state index in [-0.39, 0.29) is 5.92 Å². The predicted molar refractivity (Wildman–Crippen MR) is 78.9 cm³/mol. The standard InChI is InChI=1S/C18H17ClO/c19-15-3-1-2-11-7-12(17(20)16(11)15)9-18-8-10-4-5-13(18)14(18)6-10/h1-3,5,10,12,14H,4,6-9H2. The van der Waals surface area contributed by atoms with Gasteiger partial charge in [-0.25, -0.2) is 0 Å². The van der Waals surface area contributed by atoms with Crippen LogP contribution in [0.2, 0.25) is 5.02 Å². The van der Waals surface area contributed by atoms with Crippen LogP contribution in [0.5, 0.6) is 0 Å². The molecule has 1 nitrogen and oxygen atoms in total. The molecule has 2 fully saturated rings. The summed E-state index contributed by atoms with van der Waals surface area (Å²) in [5.74, 6) is 2.21. The lowest BCUT2D eigenvalue weighted by Gasteiger charge is -2.22. The van der Waals surface area contributed by atoms with Crippen LogP contribution in [0, 0.1) is 23.2 Å². The van der Waals surface area contributed by atoms with Gasteiger partial charge >= 0.3 is 0 Å².